The second kappa shape index (κ2) is 9.23. The first-order valence-electron chi connectivity index (χ1n) is 8.52. The molecule has 1 aromatic carbocycles. The quantitative estimate of drug-likeness (QED) is 0.586. The third kappa shape index (κ3) is 5.23. The van der Waals surface area contributed by atoms with Crippen molar-refractivity contribution in [3.8, 4) is 11.5 Å². The number of sulfonamides is 1. The number of amides is 1. The average molecular weight is 496 g/mol. The van der Waals surface area contributed by atoms with E-state index >= 15 is 0 Å². The van der Waals surface area contributed by atoms with Crippen molar-refractivity contribution in [3.05, 3.63) is 21.3 Å². The van der Waals surface area contributed by atoms with Crippen LogP contribution < -0.4 is 14.2 Å². The number of nitrogens with zero attached hydrogens (tertiary/aromatic N) is 1. The number of likely N-dealkylation sites (tertiary alicyclic amines) is 1. The maximum Gasteiger partial charge on any atom is 0.255 e. The minimum Gasteiger partial charge on any atom is -0.493 e. The number of rotatable bonds is 7. The van der Waals surface area contributed by atoms with Gasteiger partial charge in [0.15, 0.2) is 11.5 Å². The molecular weight excluding hydrogens is 471 g/mol. The van der Waals surface area contributed by atoms with Crippen molar-refractivity contribution in [1.29, 1.82) is 0 Å². The van der Waals surface area contributed by atoms with Crippen molar-refractivity contribution >= 4 is 38.5 Å². The maximum atomic E-state index is 12.9. The van der Waals surface area contributed by atoms with Crippen LogP contribution in [0.15, 0.2) is 12.1 Å². The normalized spacial score (nSPS) is 15.8. The molecule has 1 aliphatic rings. The molecule has 0 aromatic heterocycles. The highest BCUT2D eigenvalue weighted by atomic mass is 127. The molecule has 0 saturated carbocycles. The van der Waals surface area contributed by atoms with Crippen molar-refractivity contribution in [2.45, 2.75) is 32.2 Å². The van der Waals surface area contributed by atoms with Crippen LogP contribution >= 0.6 is 22.6 Å². The molecule has 1 aliphatic heterocycles. The fourth-order valence-electron chi connectivity index (χ4n) is 2.97. The molecule has 0 radical (unpaired) electrons. The predicted octanol–water partition coefficient (Wildman–Crippen LogP) is 2.24. The second-order valence-corrected chi connectivity index (χ2v) is 9.23. The zero-order valence-corrected chi connectivity index (χ0v) is 18.2. The molecule has 7 nitrogen and oxygen atoms in total. The summed E-state index contributed by atoms with van der Waals surface area (Å²) in [5.74, 6) is 1.15. The first kappa shape index (κ1) is 21.2. The van der Waals surface area contributed by atoms with Crippen LogP contribution in [0.2, 0.25) is 0 Å². The summed E-state index contributed by atoms with van der Waals surface area (Å²) >= 11 is 2.11. The Morgan fingerprint density at radius 3 is 2.35 bits per heavy atom. The number of halogens is 1. The third-order valence-corrected chi connectivity index (χ3v) is 6.84. The van der Waals surface area contributed by atoms with Gasteiger partial charge in [-0.1, -0.05) is 6.92 Å². The summed E-state index contributed by atoms with van der Waals surface area (Å²) in [6.07, 6.45) is 1.81. The van der Waals surface area contributed by atoms with Gasteiger partial charge in [-0.3, -0.25) is 4.79 Å². The first-order valence-corrected chi connectivity index (χ1v) is 11.2. The summed E-state index contributed by atoms with van der Waals surface area (Å²) < 4.78 is 37.9. The molecule has 0 unspecified atom stereocenters. The fraction of sp³-hybridized carbons (Fsp3) is 0.588. The van der Waals surface area contributed by atoms with Crippen molar-refractivity contribution in [3.63, 3.8) is 0 Å². The Labute approximate surface area is 168 Å². The third-order valence-electron chi connectivity index (χ3n) is 4.30. The number of benzene rings is 1. The summed E-state index contributed by atoms with van der Waals surface area (Å²) in [7, 11) is -0.140. The van der Waals surface area contributed by atoms with Gasteiger partial charge in [0.2, 0.25) is 10.0 Å². The van der Waals surface area contributed by atoms with Crippen molar-refractivity contribution in [1.82, 2.24) is 9.62 Å². The SMILES string of the molecule is CCCS(=O)(=O)NC1CCN(C(=O)c2cc(OC)c(OC)cc2I)CC1. The van der Waals surface area contributed by atoms with Gasteiger partial charge in [-0.25, -0.2) is 13.1 Å². The van der Waals surface area contributed by atoms with E-state index in [0.717, 1.165) is 3.57 Å². The topological polar surface area (TPSA) is 84.9 Å². The van der Waals surface area contributed by atoms with Crippen LogP contribution in [0.4, 0.5) is 0 Å². The summed E-state index contributed by atoms with van der Waals surface area (Å²) in [5.41, 5.74) is 0.563. The minimum absolute atomic E-state index is 0.0785. The summed E-state index contributed by atoms with van der Waals surface area (Å²) in [5, 5.41) is 0. The molecule has 1 fully saturated rings. The van der Waals surface area contributed by atoms with Crippen LogP contribution in [0.3, 0.4) is 0 Å². The Morgan fingerprint density at radius 1 is 1.23 bits per heavy atom. The summed E-state index contributed by atoms with van der Waals surface area (Å²) in [6.45, 7) is 2.87. The van der Waals surface area contributed by atoms with Crippen molar-refractivity contribution in [2.24, 2.45) is 0 Å². The van der Waals surface area contributed by atoms with E-state index in [1.165, 1.54) is 7.11 Å². The molecule has 1 heterocycles. The van der Waals surface area contributed by atoms with Gasteiger partial charge in [-0.05, 0) is 54.0 Å². The van der Waals surface area contributed by atoms with Gasteiger partial charge in [0.1, 0.15) is 0 Å². The Kier molecular flexibility index (Phi) is 7.53. The minimum atomic E-state index is -3.23. The molecule has 9 heteroatoms. The molecule has 26 heavy (non-hydrogen) atoms. The van der Waals surface area contributed by atoms with Gasteiger partial charge in [-0.2, -0.15) is 0 Å². The van der Waals surface area contributed by atoms with Gasteiger partial charge in [0.25, 0.3) is 5.91 Å². The lowest BCUT2D eigenvalue weighted by atomic mass is 10.0. The van der Waals surface area contributed by atoms with Crippen LogP contribution in [0.25, 0.3) is 0 Å². The van der Waals surface area contributed by atoms with E-state index in [2.05, 4.69) is 27.3 Å². The Hall–Kier alpha value is -1.07. The van der Waals surface area contributed by atoms with Crippen LogP contribution in [-0.2, 0) is 10.0 Å². The zero-order chi connectivity index (χ0) is 19.3. The first-order chi connectivity index (χ1) is 12.3. The van der Waals surface area contributed by atoms with Gasteiger partial charge in [0, 0.05) is 22.7 Å². The summed E-state index contributed by atoms with van der Waals surface area (Å²) in [6, 6.07) is 3.36. The highest BCUT2D eigenvalue weighted by molar-refractivity contribution is 14.1. The van der Waals surface area contributed by atoms with E-state index in [1.54, 1.807) is 24.1 Å². The smallest absolute Gasteiger partial charge is 0.255 e. The lowest BCUT2D eigenvalue weighted by Crippen LogP contribution is -2.47. The Morgan fingerprint density at radius 2 is 1.81 bits per heavy atom. The number of carbonyl (C=O) groups excluding carboxylic acids is 1. The summed E-state index contributed by atoms with van der Waals surface area (Å²) in [4.78, 5) is 14.6. The molecule has 2 rings (SSSR count). The number of carbonyl (C=O) groups is 1. The lowest BCUT2D eigenvalue weighted by Gasteiger charge is -2.32. The Balaban J connectivity index is 2.05. The molecule has 146 valence electrons. The molecule has 1 saturated heterocycles. The van der Waals surface area contributed by atoms with E-state index in [4.69, 9.17) is 9.47 Å². The number of hydrogen-bond acceptors (Lipinski definition) is 5. The monoisotopic (exact) mass is 496 g/mol. The highest BCUT2D eigenvalue weighted by Crippen LogP contribution is 2.32. The number of nitrogens with one attached hydrogen (secondary N) is 1. The molecule has 1 amide bonds. The van der Waals surface area contributed by atoms with Gasteiger partial charge in [-0.15, -0.1) is 0 Å². The fourth-order valence-corrected chi connectivity index (χ4v) is 5.04. The molecule has 0 bridgehead atoms. The van der Waals surface area contributed by atoms with Gasteiger partial charge >= 0.3 is 0 Å². The number of ether oxygens (including phenoxy) is 2. The van der Waals surface area contributed by atoms with Crippen LogP contribution in [0.1, 0.15) is 36.5 Å². The highest BCUT2D eigenvalue weighted by Gasteiger charge is 2.27. The molecule has 0 spiro atoms. The van der Waals surface area contributed by atoms with E-state index in [-0.39, 0.29) is 17.7 Å². The van der Waals surface area contributed by atoms with E-state index in [9.17, 15) is 13.2 Å². The lowest BCUT2D eigenvalue weighted by molar-refractivity contribution is 0.0710. The van der Waals surface area contributed by atoms with Crippen LogP contribution in [0, 0.1) is 3.57 Å². The maximum absolute atomic E-state index is 12.9. The van der Waals surface area contributed by atoms with E-state index in [1.807, 2.05) is 6.92 Å². The zero-order valence-electron chi connectivity index (χ0n) is 15.2. The standard InChI is InChI=1S/C17H25IN2O5S/c1-4-9-26(22,23)19-12-5-7-20(8-6-12)17(21)13-10-15(24-2)16(25-3)11-14(13)18/h10-12,19H,4-9H2,1-3H3. The molecule has 1 aromatic rings. The number of methoxy groups -OCH3 is 2. The van der Waals surface area contributed by atoms with Gasteiger partial charge < -0.3 is 14.4 Å². The molecule has 0 atom stereocenters. The van der Waals surface area contributed by atoms with Crippen LogP contribution in [0.5, 0.6) is 11.5 Å². The van der Waals surface area contributed by atoms with E-state index < -0.39 is 10.0 Å². The predicted molar refractivity (Wildman–Crippen MR) is 108 cm³/mol. The molecule has 0 aliphatic carbocycles. The van der Waals surface area contributed by atoms with E-state index in [0.29, 0.717) is 49.4 Å². The van der Waals surface area contributed by atoms with Crippen LogP contribution in [-0.4, -0.2) is 58.3 Å². The average Bonchev–Trinajstić information content (AvgIpc) is 2.61. The number of piperidine rings is 1. The van der Waals surface area contributed by atoms with Crippen molar-refractivity contribution in [2.75, 3.05) is 33.1 Å². The Bertz CT molecular complexity index is 746. The number of hydrogen-bond donors (Lipinski definition) is 1. The molecule has 1 N–H and O–H groups in total. The second-order valence-electron chi connectivity index (χ2n) is 6.19. The van der Waals surface area contributed by atoms with Crippen molar-refractivity contribution < 1.29 is 22.7 Å². The largest absolute Gasteiger partial charge is 0.493 e. The molecular formula is C17H25IN2O5S. The van der Waals surface area contributed by atoms with Gasteiger partial charge in [0.05, 0.1) is 25.5 Å².